The second kappa shape index (κ2) is 11.9. The summed E-state index contributed by atoms with van der Waals surface area (Å²) in [5.41, 5.74) is 3.19. The van der Waals surface area contributed by atoms with Crippen LogP contribution in [0.2, 0.25) is 0 Å². The highest BCUT2D eigenvalue weighted by molar-refractivity contribution is 14.0. The Labute approximate surface area is 171 Å². The Morgan fingerprint density at radius 2 is 1.77 bits per heavy atom. The van der Waals surface area contributed by atoms with E-state index in [0.717, 1.165) is 11.3 Å². The zero-order valence-electron chi connectivity index (χ0n) is 14.7. The fraction of sp³-hybridized carbons (Fsp3) is 0.200. The second-order valence-corrected chi connectivity index (χ2v) is 5.48. The van der Waals surface area contributed by atoms with Gasteiger partial charge in [0.05, 0.1) is 19.6 Å². The van der Waals surface area contributed by atoms with Crippen molar-refractivity contribution in [1.82, 2.24) is 10.6 Å². The zero-order chi connectivity index (χ0) is 17.9. The molecule has 0 unspecified atom stereocenters. The van der Waals surface area contributed by atoms with Crippen LogP contribution in [0.5, 0.6) is 0 Å². The molecule has 3 N–H and O–H groups in total. The van der Waals surface area contributed by atoms with E-state index in [1.165, 1.54) is 5.56 Å². The summed E-state index contributed by atoms with van der Waals surface area (Å²) in [6.45, 7) is 2.86. The standard InChI is InChI=1S/C20H22N4O.HI/c1-3-13-21-19(25)15-23-20(24-18-7-5-4-6-8-18)22-14-17-11-9-16(2)10-12-17;/h1,4-12H,13-15H2,2H3,(H,21,25)(H2,22,23,24);1H. The van der Waals surface area contributed by atoms with E-state index in [9.17, 15) is 4.79 Å². The summed E-state index contributed by atoms with van der Waals surface area (Å²) < 4.78 is 0. The summed E-state index contributed by atoms with van der Waals surface area (Å²) in [5.74, 6) is 2.72. The van der Waals surface area contributed by atoms with Gasteiger partial charge in [0.1, 0.15) is 0 Å². The Bertz CT molecular complexity index is 752. The predicted molar refractivity (Wildman–Crippen MR) is 118 cm³/mol. The lowest BCUT2D eigenvalue weighted by Crippen LogP contribution is -2.40. The van der Waals surface area contributed by atoms with Crippen molar-refractivity contribution >= 4 is 41.5 Å². The summed E-state index contributed by atoms with van der Waals surface area (Å²) in [5, 5.41) is 8.82. The molecule has 0 aliphatic rings. The van der Waals surface area contributed by atoms with Gasteiger partial charge in [0.25, 0.3) is 0 Å². The van der Waals surface area contributed by atoms with E-state index in [4.69, 9.17) is 6.42 Å². The number of amides is 1. The minimum absolute atomic E-state index is 0. The highest BCUT2D eigenvalue weighted by Crippen LogP contribution is 2.07. The number of anilines is 1. The summed E-state index contributed by atoms with van der Waals surface area (Å²) >= 11 is 0. The Morgan fingerprint density at radius 1 is 1.08 bits per heavy atom. The van der Waals surface area contributed by atoms with Crippen LogP contribution in [0, 0.1) is 19.3 Å². The molecule has 0 aliphatic carbocycles. The third-order valence-corrected chi connectivity index (χ3v) is 3.38. The number of aliphatic imine (C=N–C) groups is 1. The third-order valence-electron chi connectivity index (χ3n) is 3.38. The molecule has 136 valence electrons. The number of benzene rings is 2. The van der Waals surface area contributed by atoms with Crippen LogP contribution in [-0.4, -0.2) is 25.0 Å². The maximum Gasteiger partial charge on any atom is 0.240 e. The molecule has 2 rings (SSSR count). The van der Waals surface area contributed by atoms with Crippen molar-refractivity contribution in [2.45, 2.75) is 13.5 Å². The van der Waals surface area contributed by atoms with Gasteiger partial charge in [-0.3, -0.25) is 4.79 Å². The van der Waals surface area contributed by atoms with Gasteiger partial charge < -0.3 is 16.0 Å². The number of terminal acetylenes is 1. The summed E-state index contributed by atoms with van der Waals surface area (Å²) in [7, 11) is 0. The van der Waals surface area contributed by atoms with Crippen LogP contribution >= 0.6 is 24.0 Å². The molecule has 2 aromatic rings. The van der Waals surface area contributed by atoms with Gasteiger partial charge >= 0.3 is 0 Å². The fourth-order valence-corrected chi connectivity index (χ4v) is 2.04. The predicted octanol–water partition coefficient (Wildman–Crippen LogP) is 2.92. The second-order valence-electron chi connectivity index (χ2n) is 5.48. The maximum atomic E-state index is 11.7. The number of hydrogen-bond acceptors (Lipinski definition) is 2. The number of carbonyl (C=O) groups is 1. The van der Waals surface area contributed by atoms with Crippen molar-refractivity contribution < 1.29 is 4.79 Å². The molecule has 0 aromatic heterocycles. The van der Waals surface area contributed by atoms with Gasteiger partial charge in [0.2, 0.25) is 5.91 Å². The molecule has 0 bridgehead atoms. The monoisotopic (exact) mass is 462 g/mol. The van der Waals surface area contributed by atoms with Crippen LogP contribution in [0.3, 0.4) is 0 Å². The number of guanidine groups is 1. The largest absolute Gasteiger partial charge is 0.347 e. The summed E-state index contributed by atoms with van der Waals surface area (Å²) in [6.07, 6.45) is 5.14. The number of aryl methyl sites for hydroxylation is 1. The molecule has 0 atom stereocenters. The molecule has 0 saturated heterocycles. The zero-order valence-corrected chi connectivity index (χ0v) is 17.0. The molecule has 26 heavy (non-hydrogen) atoms. The minimum Gasteiger partial charge on any atom is -0.347 e. The summed E-state index contributed by atoms with van der Waals surface area (Å²) in [4.78, 5) is 16.3. The molecule has 0 heterocycles. The quantitative estimate of drug-likeness (QED) is 0.268. The van der Waals surface area contributed by atoms with Crippen LogP contribution in [0.25, 0.3) is 0 Å². The SMILES string of the molecule is C#CCNC(=O)CNC(=NCc1ccc(C)cc1)Nc1ccccc1.I. The average Bonchev–Trinajstić information content (AvgIpc) is 2.64. The molecular weight excluding hydrogens is 439 g/mol. The number of carbonyl (C=O) groups excluding carboxylic acids is 1. The van der Waals surface area contributed by atoms with Gasteiger partial charge in [-0.1, -0.05) is 53.9 Å². The maximum absolute atomic E-state index is 11.7. The van der Waals surface area contributed by atoms with E-state index in [2.05, 4.69) is 39.0 Å². The highest BCUT2D eigenvalue weighted by Gasteiger charge is 2.04. The first-order chi connectivity index (χ1) is 12.2. The first kappa shape index (κ1) is 21.5. The highest BCUT2D eigenvalue weighted by atomic mass is 127. The van der Waals surface area contributed by atoms with E-state index < -0.39 is 0 Å². The Kier molecular flexibility index (Phi) is 9.87. The van der Waals surface area contributed by atoms with E-state index in [-0.39, 0.29) is 43.0 Å². The van der Waals surface area contributed by atoms with Gasteiger partial charge in [0, 0.05) is 5.69 Å². The third kappa shape index (κ3) is 8.03. The molecular formula is C20H23IN4O. The van der Waals surface area contributed by atoms with Crippen molar-refractivity contribution in [1.29, 1.82) is 0 Å². The van der Waals surface area contributed by atoms with E-state index in [1.54, 1.807) is 0 Å². The topological polar surface area (TPSA) is 65.5 Å². The Morgan fingerprint density at radius 3 is 2.42 bits per heavy atom. The molecule has 6 heteroatoms. The lowest BCUT2D eigenvalue weighted by molar-refractivity contribution is -0.119. The average molecular weight is 462 g/mol. The number of halogens is 1. The van der Waals surface area contributed by atoms with Crippen LogP contribution in [0.15, 0.2) is 59.6 Å². The Hall–Kier alpha value is -2.53. The lowest BCUT2D eigenvalue weighted by atomic mass is 10.1. The summed E-state index contributed by atoms with van der Waals surface area (Å²) in [6, 6.07) is 17.8. The fourth-order valence-electron chi connectivity index (χ4n) is 2.04. The Balaban J connectivity index is 0.00000338. The minimum atomic E-state index is -0.184. The molecule has 0 radical (unpaired) electrons. The van der Waals surface area contributed by atoms with Gasteiger partial charge in [-0.05, 0) is 24.6 Å². The van der Waals surface area contributed by atoms with E-state index in [1.807, 2.05) is 49.4 Å². The van der Waals surface area contributed by atoms with Crippen LogP contribution in [-0.2, 0) is 11.3 Å². The van der Waals surface area contributed by atoms with Crippen molar-refractivity contribution in [2.24, 2.45) is 4.99 Å². The first-order valence-electron chi connectivity index (χ1n) is 8.03. The van der Waals surface area contributed by atoms with Crippen LogP contribution < -0.4 is 16.0 Å². The molecule has 0 aliphatic heterocycles. The van der Waals surface area contributed by atoms with Crippen molar-refractivity contribution in [2.75, 3.05) is 18.4 Å². The molecule has 0 saturated carbocycles. The van der Waals surface area contributed by atoms with Crippen molar-refractivity contribution in [3.8, 4) is 12.3 Å². The van der Waals surface area contributed by atoms with Crippen molar-refractivity contribution in [3.63, 3.8) is 0 Å². The van der Waals surface area contributed by atoms with Gasteiger partial charge in [-0.25, -0.2) is 4.99 Å². The van der Waals surface area contributed by atoms with E-state index >= 15 is 0 Å². The molecule has 0 fully saturated rings. The van der Waals surface area contributed by atoms with Crippen LogP contribution in [0.1, 0.15) is 11.1 Å². The molecule has 5 nitrogen and oxygen atoms in total. The number of para-hydroxylation sites is 1. The normalized spacial score (nSPS) is 10.2. The molecule has 0 spiro atoms. The first-order valence-corrected chi connectivity index (χ1v) is 8.03. The number of hydrogen-bond donors (Lipinski definition) is 3. The van der Waals surface area contributed by atoms with Crippen molar-refractivity contribution in [3.05, 3.63) is 65.7 Å². The smallest absolute Gasteiger partial charge is 0.240 e. The number of nitrogens with one attached hydrogen (secondary N) is 3. The van der Waals surface area contributed by atoms with E-state index in [0.29, 0.717) is 12.5 Å². The molecule has 1 amide bonds. The lowest BCUT2D eigenvalue weighted by Gasteiger charge is -2.12. The van der Waals surface area contributed by atoms with Crippen LogP contribution in [0.4, 0.5) is 5.69 Å². The number of nitrogens with zero attached hydrogens (tertiary/aromatic N) is 1. The van der Waals surface area contributed by atoms with Gasteiger partial charge in [-0.2, -0.15) is 0 Å². The molecule has 2 aromatic carbocycles. The van der Waals surface area contributed by atoms with Gasteiger partial charge in [0.15, 0.2) is 5.96 Å². The number of rotatable bonds is 6. The van der Waals surface area contributed by atoms with Gasteiger partial charge in [-0.15, -0.1) is 30.4 Å².